The summed E-state index contributed by atoms with van der Waals surface area (Å²) < 4.78 is 1.60. The molecule has 0 saturated carbocycles. The van der Waals surface area contributed by atoms with Crippen LogP contribution < -0.4 is 0 Å². The zero-order chi connectivity index (χ0) is 20.3. The molecule has 0 radical (unpaired) electrons. The van der Waals surface area contributed by atoms with Crippen LogP contribution in [0.5, 0.6) is 0 Å². The number of hydrogen-bond donors (Lipinski definition) is 0. The molecule has 0 bridgehead atoms. The molecule has 0 aliphatic heterocycles. The Balaban J connectivity index is 1.95. The third kappa shape index (κ3) is 4.44. The maximum absolute atomic E-state index is 12.9. The van der Waals surface area contributed by atoms with Gasteiger partial charge in [-0.3, -0.25) is 0 Å². The predicted octanol–water partition coefficient (Wildman–Crippen LogP) is 5.06. The summed E-state index contributed by atoms with van der Waals surface area (Å²) in [5.41, 5.74) is 3.36. The number of thioether (sulfide) groups is 1. The van der Waals surface area contributed by atoms with E-state index < -0.39 is 0 Å². The summed E-state index contributed by atoms with van der Waals surface area (Å²) in [5, 5.41) is 9.24. The molecule has 0 fully saturated rings. The highest BCUT2D eigenvalue weighted by Crippen LogP contribution is 2.29. The fraction of sp³-hybridized carbons (Fsp3) is 0.318. The average Bonchev–Trinajstić information content (AvgIpc) is 3.09. The minimum Gasteiger partial charge on any atom is -0.330 e. The maximum Gasteiger partial charge on any atom is 0.331 e. The molecule has 0 unspecified atom stereocenters. The number of carbonyl (C=O) groups excluding carboxylic acids is 1. The molecule has 3 aromatic rings. The molecule has 0 saturated heterocycles. The van der Waals surface area contributed by atoms with E-state index in [0.29, 0.717) is 11.0 Å². The molecule has 1 amide bonds. The monoisotopic (exact) mass is 394 g/mol. The molecule has 2 aromatic carbocycles. The Labute approximate surface area is 170 Å². The van der Waals surface area contributed by atoms with Crippen LogP contribution >= 0.6 is 11.8 Å². The van der Waals surface area contributed by atoms with Crippen molar-refractivity contribution in [3.8, 4) is 11.4 Å². The zero-order valence-electron chi connectivity index (χ0n) is 17.0. The summed E-state index contributed by atoms with van der Waals surface area (Å²) in [7, 11) is 3.47. The van der Waals surface area contributed by atoms with Crippen molar-refractivity contribution in [1.82, 2.24) is 19.7 Å². The molecule has 3 rings (SSSR count). The minimum atomic E-state index is -0.157. The molecule has 6 heteroatoms. The Morgan fingerprint density at radius 3 is 2.21 bits per heavy atom. The molecule has 0 atom stereocenters. The van der Waals surface area contributed by atoms with Gasteiger partial charge in [0.2, 0.25) is 0 Å². The van der Waals surface area contributed by atoms with Gasteiger partial charge in [0, 0.05) is 25.4 Å². The first-order chi connectivity index (χ1) is 13.3. The summed E-state index contributed by atoms with van der Waals surface area (Å²) in [6.45, 7) is 6.54. The van der Waals surface area contributed by atoms with Gasteiger partial charge in [-0.2, -0.15) is 0 Å². The molecule has 28 heavy (non-hydrogen) atoms. The molecule has 0 aliphatic rings. The first kappa shape index (κ1) is 20.1. The van der Waals surface area contributed by atoms with Crippen molar-refractivity contribution in [3.63, 3.8) is 0 Å². The molecule has 0 aliphatic carbocycles. The van der Waals surface area contributed by atoms with Gasteiger partial charge in [0.25, 0.3) is 0 Å². The summed E-state index contributed by atoms with van der Waals surface area (Å²) in [4.78, 5) is 14.4. The molecule has 0 N–H and O–H groups in total. The lowest BCUT2D eigenvalue weighted by Crippen LogP contribution is -2.28. The number of amides is 1. The van der Waals surface area contributed by atoms with E-state index in [-0.39, 0.29) is 11.4 Å². The average molecular weight is 395 g/mol. The smallest absolute Gasteiger partial charge is 0.330 e. The number of carbonyl (C=O) groups is 1. The largest absolute Gasteiger partial charge is 0.331 e. The quantitative estimate of drug-likeness (QED) is 0.580. The Hall–Kier alpha value is -2.60. The van der Waals surface area contributed by atoms with E-state index >= 15 is 0 Å². The predicted molar refractivity (Wildman–Crippen MR) is 115 cm³/mol. The van der Waals surface area contributed by atoms with Crippen LogP contribution in [0.15, 0.2) is 59.8 Å². The van der Waals surface area contributed by atoms with E-state index in [4.69, 9.17) is 0 Å². The van der Waals surface area contributed by atoms with Gasteiger partial charge in [-0.05, 0) is 16.5 Å². The lowest BCUT2D eigenvalue weighted by Gasteiger charge is -2.19. The number of rotatable bonds is 4. The second-order valence-electron chi connectivity index (χ2n) is 7.92. The second-order valence-corrected chi connectivity index (χ2v) is 8.86. The maximum atomic E-state index is 12.9. The van der Waals surface area contributed by atoms with Gasteiger partial charge >= 0.3 is 6.03 Å². The summed E-state index contributed by atoms with van der Waals surface area (Å²) in [6.07, 6.45) is 0. The van der Waals surface area contributed by atoms with Crippen LogP contribution in [-0.2, 0) is 11.2 Å². The van der Waals surface area contributed by atoms with Gasteiger partial charge in [-0.15, -0.1) is 10.2 Å². The molecule has 1 heterocycles. The van der Waals surface area contributed by atoms with Gasteiger partial charge in [0.05, 0.1) is 0 Å². The van der Waals surface area contributed by atoms with Crippen LogP contribution in [0.4, 0.5) is 4.79 Å². The number of aromatic nitrogens is 3. The van der Waals surface area contributed by atoms with Crippen LogP contribution in [0, 0.1) is 0 Å². The second kappa shape index (κ2) is 8.19. The molecule has 146 valence electrons. The molecular weight excluding hydrogens is 368 g/mol. The van der Waals surface area contributed by atoms with Gasteiger partial charge < -0.3 is 4.90 Å². The summed E-state index contributed by atoms with van der Waals surface area (Å²) >= 11 is 1.51. The Morgan fingerprint density at radius 2 is 1.64 bits per heavy atom. The first-order valence-electron chi connectivity index (χ1n) is 9.22. The summed E-state index contributed by atoms with van der Waals surface area (Å²) in [6, 6.07) is 18.2. The van der Waals surface area contributed by atoms with Crippen LogP contribution in [0.1, 0.15) is 31.9 Å². The molecule has 5 nitrogen and oxygen atoms in total. The van der Waals surface area contributed by atoms with Gasteiger partial charge in [0.15, 0.2) is 11.0 Å². The topological polar surface area (TPSA) is 51.0 Å². The highest BCUT2D eigenvalue weighted by molar-refractivity contribution is 7.98. The first-order valence-corrected chi connectivity index (χ1v) is 10.2. The van der Waals surface area contributed by atoms with E-state index in [1.165, 1.54) is 22.9 Å². The van der Waals surface area contributed by atoms with Crippen molar-refractivity contribution >= 4 is 17.8 Å². The van der Waals surface area contributed by atoms with Crippen molar-refractivity contribution in [1.29, 1.82) is 0 Å². The lowest BCUT2D eigenvalue weighted by atomic mass is 9.87. The van der Waals surface area contributed by atoms with Gasteiger partial charge in [-0.25, -0.2) is 9.36 Å². The van der Waals surface area contributed by atoms with Crippen LogP contribution in [0.3, 0.4) is 0 Å². The van der Waals surface area contributed by atoms with Crippen molar-refractivity contribution in [2.75, 3.05) is 14.1 Å². The molecular formula is C22H26N4OS. The third-order valence-corrected chi connectivity index (χ3v) is 5.43. The van der Waals surface area contributed by atoms with Crippen molar-refractivity contribution in [2.45, 2.75) is 37.1 Å². The number of nitrogens with zero attached hydrogens (tertiary/aromatic N) is 4. The SMILES string of the molecule is CN(C)C(=O)n1c(SCc2ccccc2)nnc1-c1ccc(C(C)(C)C)cc1. The Morgan fingerprint density at radius 1 is 1.00 bits per heavy atom. The minimum absolute atomic E-state index is 0.0718. The fourth-order valence-electron chi connectivity index (χ4n) is 2.76. The van der Waals surface area contributed by atoms with E-state index in [1.54, 1.807) is 23.6 Å². The van der Waals surface area contributed by atoms with E-state index in [1.807, 2.05) is 30.3 Å². The van der Waals surface area contributed by atoms with Crippen LogP contribution in [0.25, 0.3) is 11.4 Å². The molecule has 0 spiro atoms. The van der Waals surface area contributed by atoms with Gasteiger partial charge in [-0.1, -0.05) is 87.1 Å². The highest BCUT2D eigenvalue weighted by atomic mass is 32.2. The van der Waals surface area contributed by atoms with Crippen LogP contribution in [-0.4, -0.2) is 39.8 Å². The van der Waals surface area contributed by atoms with E-state index in [0.717, 1.165) is 11.3 Å². The normalized spacial score (nSPS) is 11.5. The lowest BCUT2D eigenvalue weighted by molar-refractivity contribution is 0.217. The van der Waals surface area contributed by atoms with Crippen molar-refractivity contribution < 1.29 is 4.79 Å². The fourth-order valence-corrected chi connectivity index (χ4v) is 3.64. The molecule has 1 aromatic heterocycles. The number of hydrogen-bond acceptors (Lipinski definition) is 4. The number of benzene rings is 2. The van der Waals surface area contributed by atoms with Crippen LogP contribution in [0.2, 0.25) is 0 Å². The Kier molecular flexibility index (Phi) is 5.89. The van der Waals surface area contributed by atoms with Gasteiger partial charge in [0.1, 0.15) is 0 Å². The van der Waals surface area contributed by atoms with E-state index in [2.05, 4.69) is 55.2 Å². The van der Waals surface area contributed by atoms with Crippen molar-refractivity contribution in [2.24, 2.45) is 0 Å². The zero-order valence-corrected chi connectivity index (χ0v) is 17.8. The Bertz CT molecular complexity index is 941. The summed E-state index contributed by atoms with van der Waals surface area (Å²) in [5.74, 6) is 1.29. The highest BCUT2D eigenvalue weighted by Gasteiger charge is 2.22. The van der Waals surface area contributed by atoms with Crippen molar-refractivity contribution in [3.05, 3.63) is 65.7 Å². The van der Waals surface area contributed by atoms with E-state index in [9.17, 15) is 4.79 Å². The standard InChI is InChI=1S/C22H26N4OS/c1-22(2,3)18-13-11-17(12-14-18)19-23-24-20(26(19)21(27)25(4)5)28-15-16-9-7-6-8-10-16/h6-14H,15H2,1-5H3. The third-order valence-electron chi connectivity index (χ3n) is 4.43.